The van der Waals surface area contributed by atoms with Gasteiger partial charge in [-0.2, -0.15) is 4.39 Å². The van der Waals surface area contributed by atoms with Crippen LogP contribution in [-0.2, 0) is 0 Å². The molecule has 0 bridgehead atoms. The predicted molar refractivity (Wildman–Crippen MR) is 112 cm³/mol. The molecule has 0 spiro atoms. The number of halogens is 2. The van der Waals surface area contributed by atoms with Gasteiger partial charge in [-0.25, -0.2) is 4.98 Å². The van der Waals surface area contributed by atoms with Crippen LogP contribution in [-0.4, -0.2) is 22.7 Å². The van der Waals surface area contributed by atoms with Crippen molar-refractivity contribution in [2.24, 2.45) is 5.73 Å². The normalized spacial score (nSPS) is 12.9. The van der Waals surface area contributed by atoms with E-state index in [1.165, 1.54) is 0 Å². The Bertz CT molecular complexity index is 856. The van der Waals surface area contributed by atoms with Gasteiger partial charge in [-0.05, 0) is 44.4 Å². The smallest absolute Gasteiger partial charge is 0.218 e. The molecule has 7 heteroatoms. The van der Waals surface area contributed by atoms with Gasteiger partial charge in [-0.1, -0.05) is 37.1 Å². The molecule has 0 aliphatic carbocycles. The van der Waals surface area contributed by atoms with Gasteiger partial charge in [0.1, 0.15) is 16.5 Å². The van der Waals surface area contributed by atoms with Crippen molar-refractivity contribution in [3.05, 3.63) is 52.4 Å². The fourth-order valence-corrected chi connectivity index (χ4v) is 2.91. The highest BCUT2D eigenvalue weighted by molar-refractivity contribution is 6.34. The van der Waals surface area contributed by atoms with Gasteiger partial charge in [0.15, 0.2) is 11.6 Å². The summed E-state index contributed by atoms with van der Waals surface area (Å²) in [4.78, 5) is 3.85. The number of rotatable bonds is 8. The molecule has 152 valence electrons. The number of phenols is 1. The molecule has 1 atom stereocenters. The number of pyridine rings is 1. The number of nitrogens with one attached hydrogen (secondary N) is 1. The minimum atomic E-state index is -0.719. The molecule has 28 heavy (non-hydrogen) atoms. The quantitative estimate of drug-likeness (QED) is 0.392. The van der Waals surface area contributed by atoms with Crippen LogP contribution in [0.15, 0.2) is 35.9 Å². The molecule has 1 aromatic carbocycles. The molecule has 0 aliphatic heterocycles. The number of ether oxygens (including phenoxy) is 1. The minimum absolute atomic E-state index is 0.102. The Balaban J connectivity index is 2.31. The Kier molecular flexibility index (Phi) is 7.66. The highest BCUT2D eigenvalue weighted by Crippen LogP contribution is 2.37. The Hall–Kier alpha value is -2.31. The zero-order chi connectivity index (χ0) is 20.8. The third kappa shape index (κ3) is 5.59. The average Bonchev–Trinajstić information content (AvgIpc) is 2.65. The molecule has 0 saturated carbocycles. The molecular weight excluding hydrogens is 381 g/mol. The number of benzene rings is 1. The second-order valence-corrected chi connectivity index (χ2v) is 7.38. The minimum Gasteiger partial charge on any atom is -0.508 e. The Morgan fingerprint density at radius 2 is 2.11 bits per heavy atom. The van der Waals surface area contributed by atoms with E-state index in [1.54, 1.807) is 18.2 Å². The molecule has 1 heterocycles. The van der Waals surface area contributed by atoms with Crippen LogP contribution >= 0.6 is 11.6 Å². The van der Waals surface area contributed by atoms with E-state index in [0.29, 0.717) is 18.7 Å². The second kappa shape index (κ2) is 9.75. The van der Waals surface area contributed by atoms with Gasteiger partial charge in [-0.15, -0.1) is 0 Å². The maximum atomic E-state index is 14.1. The van der Waals surface area contributed by atoms with Gasteiger partial charge in [0, 0.05) is 24.2 Å². The van der Waals surface area contributed by atoms with Crippen LogP contribution in [0.4, 0.5) is 10.2 Å². The van der Waals surface area contributed by atoms with E-state index in [4.69, 9.17) is 22.1 Å². The zero-order valence-corrected chi connectivity index (χ0v) is 17.3. The average molecular weight is 408 g/mol. The monoisotopic (exact) mass is 407 g/mol. The largest absolute Gasteiger partial charge is 0.508 e. The maximum absolute atomic E-state index is 14.1. The number of aromatic hydroxyl groups is 1. The summed E-state index contributed by atoms with van der Waals surface area (Å²) >= 11 is 6.41. The van der Waals surface area contributed by atoms with Crippen LogP contribution in [0.3, 0.4) is 0 Å². The molecule has 2 aromatic rings. The number of phenolic OH excluding ortho intramolecular Hbond substituents is 1. The van der Waals surface area contributed by atoms with E-state index < -0.39 is 5.95 Å². The van der Waals surface area contributed by atoms with Crippen LogP contribution in [0, 0.1) is 5.95 Å². The highest BCUT2D eigenvalue weighted by atomic mass is 35.5. The van der Waals surface area contributed by atoms with Crippen molar-refractivity contribution in [1.29, 1.82) is 0 Å². The fourth-order valence-electron chi connectivity index (χ4n) is 2.72. The van der Waals surface area contributed by atoms with E-state index in [2.05, 4.69) is 10.3 Å². The molecule has 0 amide bonds. The predicted octanol–water partition coefficient (Wildman–Crippen LogP) is 5.59. The van der Waals surface area contributed by atoms with Gasteiger partial charge in [0.2, 0.25) is 5.95 Å². The van der Waals surface area contributed by atoms with Crippen molar-refractivity contribution >= 4 is 17.4 Å². The van der Waals surface area contributed by atoms with Gasteiger partial charge >= 0.3 is 0 Å². The third-order valence-electron chi connectivity index (χ3n) is 4.43. The first-order chi connectivity index (χ1) is 13.2. The van der Waals surface area contributed by atoms with E-state index in [0.717, 1.165) is 17.2 Å². The Morgan fingerprint density at radius 3 is 2.71 bits per heavy atom. The molecule has 1 unspecified atom stereocenters. The molecular formula is C21H27ClFN3O2. The molecule has 5 nitrogen and oxygen atoms in total. The number of aromatic nitrogens is 1. The van der Waals surface area contributed by atoms with Crippen LogP contribution in [0.2, 0.25) is 5.02 Å². The first-order valence-corrected chi connectivity index (χ1v) is 9.58. The summed E-state index contributed by atoms with van der Waals surface area (Å²) in [6.45, 7) is 8.20. The first kappa shape index (κ1) is 22.0. The van der Waals surface area contributed by atoms with Crippen LogP contribution < -0.4 is 15.8 Å². The standard InChI is InChI=1S/C21H27ClFN3O2/c1-5-13(4)8-14(11-24)25-21-20(22)18(10-19(23)26-21)28-15-6-7-17(27)16(9-15)12(2)3/h5-7,9-10,12,14,27H,8,11,24H2,1-4H3,(H,25,26)/b13-5+. The summed E-state index contributed by atoms with van der Waals surface area (Å²) < 4.78 is 19.9. The van der Waals surface area contributed by atoms with Crippen molar-refractivity contribution in [1.82, 2.24) is 4.98 Å². The van der Waals surface area contributed by atoms with Gasteiger partial charge in [0.05, 0.1) is 0 Å². The summed E-state index contributed by atoms with van der Waals surface area (Å²) in [5.74, 6) is 0.324. The topological polar surface area (TPSA) is 80.4 Å². The van der Waals surface area contributed by atoms with Crippen molar-refractivity contribution in [2.75, 3.05) is 11.9 Å². The zero-order valence-electron chi connectivity index (χ0n) is 16.6. The number of hydrogen-bond acceptors (Lipinski definition) is 5. The summed E-state index contributed by atoms with van der Waals surface area (Å²) in [5, 5.41) is 13.2. The maximum Gasteiger partial charge on any atom is 0.218 e. The second-order valence-electron chi connectivity index (χ2n) is 7.00. The lowest BCUT2D eigenvalue weighted by Gasteiger charge is -2.20. The lowest BCUT2D eigenvalue weighted by molar-refractivity contribution is 0.452. The lowest BCUT2D eigenvalue weighted by Crippen LogP contribution is -2.29. The number of nitrogens with two attached hydrogens (primary N) is 1. The molecule has 2 rings (SSSR count). The van der Waals surface area contributed by atoms with E-state index in [9.17, 15) is 9.50 Å². The molecule has 0 radical (unpaired) electrons. The van der Waals surface area contributed by atoms with Crippen LogP contribution in [0.5, 0.6) is 17.2 Å². The molecule has 0 fully saturated rings. The molecule has 0 aliphatic rings. The fraction of sp³-hybridized carbons (Fsp3) is 0.381. The number of nitrogens with zero attached hydrogens (tertiary/aromatic N) is 1. The number of hydrogen-bond donors (Lipinski definition) is 3. The number of allylic oxidation sites excluding steroid dienone is 1. The van der Waals surface area contributed by atoms with Crippen molar-refractivity contribution in [3.8, 4) is 17.2 Å². The van der Waals surface area contributed by atoms with E-state index >= 15 is 0 Å². The lowest BCUT2D eigenvalue weighted by atomic mass is 10.0. The van der Waals surface area contributed by atoms with E-state index in [1.807, 2.05) is 33.8 Å². The third-order valence-corrected chi connectivity index (χ3v) is 4.79. The molecule has 1 aromatic heterocycles. The van der Waals surface area contributed by atoms with Crippen LogP contribution in [0.1, 0.15) is 45.6 Å². The van der Waals surface area contributed by atoms with E-state index in [-0.39, 0.29) is 34.3 Å². The van der Waals surface area contributed by atoms with Crippen molar-refractivity contribution in [2.45, 2.75) is 46.1 Å². The summed E-state index contributed by atoms with van der Waals surface area (Å²) in [6, 6.07) is 5.84. The molecule has 0 saturated heterocycles. The van der Waals surface area contributed by atoms with Gasteiger partial charge in [-0.3, -0.25) is 0 Å². The van der Waals surface area contributed by atoms with Crippen molar-refractivity contribution < 1.29 is 14.2 Å². The Morgan fingerprint density at radius 1 is 1.39 bits per heavy atom. The van der Waals surface area contributed by atoms with Crippen molar-refractivity contribution in [3.63, 3.8) is 0 Å². The highest BCUT2D eigenvalue weighted by Gasteiger charge is 2.17. The first-order valence-electron chi connectivity index (χ1n) is 9.20. The summed E-state index contributed by atoms with van der Waals surface area (Å²) in [5.41, 5.74) is 7.70. The van der Waals surface area contributed by atoms with Crippen LogP contribution in [0.25, 0.3) is 0 Å². The SMILES string of the molecule is C/C=C(\C)CC(CN)Nc1nc(F)cc(Oc2ccc(O)c(C(C)C)c2)c1Cl. The Labute approximate surface area is 170 Å². The van der Waals surface area contributed by atoms with Gasteiger partial charge < -0.3 is 20.9 Å². The number of anilines is 1. The van der Waals surface area contributed by atoms with Gasteiger partial charge in [0.25, 0.3) is 0 Å². The molecule has 4 N–H and O–H groups in total. The summed E-state index contributed by atoms with van der Waals surface area (Å²) in [6.07, 6.45) is 2.68. The summed E-state index contributed by atoms with van der Waals surface area (Å²) in [7, 11) is 0.